The smallest absolute Gasteiger partial charge is 0.0725 e. The summed E-state index contributed by atoms with van der Waals surface area (Å²) in [4.78, 5) is 4.72. The molecule has 26 rings (SSSR count). The number of benzene rings is 20. The second-order valence-corrected chi connectivity index (χ2v) is 32.1. The standard InChI is InChI=1S/2C57H36N2/c1-3-12-37(13-4-1)40-26-35-54-48(36-40)46-18-7-8-23-53(46)59(54)44-31-29-43(30-32-44)58(41-16-5-2-6-17-41)42-27-24-38(25-28-42)45-33-34-52-56-47(45)19-11-22-51(56)57(52)49-20-9-14-39-15-10-21-50(57)55(39)49;1-2-11-37(12-3-1)38-23-27-41(28-24-38)58(43-31-33-44(34-32-43)59-53-21-6-4-15-46(53)47-16-5-7-22-54(47)59)42-29-25-39(26-30-42)45-35-36-52-56-48(45)17-10-20-51(56)57(52)49-18-8-13-40-14-9-19-50(57)55(40)49/h2*1-36H. The van der Waals surface area contributed by atoms with Crippen LogP contribution in [0.15, 0.2) is 437 Å². The van der Waals surface area contributed by atoms with Crippen molar-refractivity contribution in [3.05, 3.63) is 481 Å². The summed E-state index contributed by atoms with van der Waals surface area (Å²) in [6.45, 7) is 0. The quantitative estimate of drug-likeness (QED) is 0.121. The topological polar surface area (TPSA) is 16.3 Å². The number of hydrogen-bond donors (Lipinski definition) is 0. The molecule has 4 aliphatic carbocycles. The molecule has 4 aliphatic rings. The third-order valence-electron chi connectivity index (χ3n) is 26.3. The molecule has 0 atom stereocenters. The van der Waals surface area contributed by atoms with Crippen LogP contribution in [0.3, 0.4) is 0 Å². The molecule has 0 radical (unpaired) electrons. The number of hydrogen-bond acceptors (Lipinski definition) is 2. The predicted molar refractivity (Wildman–Crippen MR) is 494 cm³/mol. The second-order valence-electron chi connectivity index (χ2n) is 32.1. The van der Waals surface area contributed by atoms with Crippen molar-refractivity contribution in [1.82, 2.24) is 9.13 Å². The highest BCUT2D eigenvalue weighted by atomic mass is 15.1. The lowest BCUT2D eigenvalue weighted by Crippen LogP contribution is -2.43. The Labute approximate surface area is 683 Å². The van der Waals surface area contributed by atoms with Crippen molar-refractivity contribution in [2.24, 2.45) is 0 Å². The fourth-order valence-electron chi connectivity index (χ4n) is 21.2. The zero-order valence-electron chi connectivity index (χ0n) is 64.4. The Balaban J connectivity index is 0.000000131. The van der Waals surface area contributed by atoms with Gasteiger partial charge in [0.25, 0.3) is 0 Å². The summed E-state index contributed by atoms with van der Waals surface area (Å²) in [5.41, 5.74) is 34.9. The van der Waals surface area contributed by atoms with Crippen molar-refractivity contribution in [3.8, 4) is 55.9 Å². The molecule has 0 saturated heterocycles. The average molecular weight is 1500 g/mol. The van der Waals surface area contributed by atoms with E-state index in [0.29, 0.717) is 0 Å². The number of nitrogens with zero attached hydrogens (tertiary/aromatic N) is 4. The van der Waals surface area contributed by atoms with Gasteiger partial charge in [0.15, 0.2) is 0 Å². The Kier molecular flexibility index (Phi) is 14.3. The Bertz CT molecular complexity index is 7720. The molecule has 2 heterocycles. The van der Waals surface area contributed by atoms with E-state index >= 15 is 0 Å². The van der Waals surface area contributed by atoms with E-state index in [1.54, 1.807) is 0 Å². The minimum absolute atomic E-state index is 0.105. The Morgan fingerprint density at radius 2 is 0.449 bits per heavy atom. The molecule has 2 aromatic heterocycles. The molecule has 22 aromatic rings. The van der Waals surface area contributed by atoms with Gasteiger partial charge in [-0.05, 0) is 259 Å². The van der Waals surface area contributed by atoms with E-state index in [4.69, 9.17) is 0 Å². The Hall–Kier alpha value is -15.4. The molecule has 0 fully saturated rings. The van der Waals surface area contributed by atoms with E-state index in [1.807, 2.05) is 0 Å². The maximum Gasteiger partial charge on any atom is 0.0725 e. The minimum atomic E-state index is -0.110. The van der Waals surface area contributed by atoms with Crippen LogP contribution in [-0.2, 0) is 10.8 Å². The highest BCUT2D eigenvalue weighted by Crippen LogP contribution is 2.67. The van der Waals surface area contributed by atoms with E-state index in [2.05, 4.69) is 456 Å². The van der Waals surface area contributed by atoms with Crippen LogP contribution < -0.4 is 9.80 Å². The van der Waals surface area contributed by atoms with Crippen molar-refractivity contribution < 1.29 is 0 Å². The lowest BCUT2D eigenvalue weighted by atomic mass is 9.49. The first-order valence-corrected chi connectivity index (χ1v) is 41.0. The van der Waals surface area contributed by atoms with E-state index in [0.717, 1.165) is 45.5 Å². The first-order chi connectivity index (χ1) is 58.5. The lowest BCUT2D eigenvalue weighted by Gasteiger charge is -2.52. The SMILES string of the molecule is c1ccc(-c2ccc(N(c3ccc(-c4ccc5c6c(cccc46)C54c5cccc6cccc4c56)cc3)c3ccc(-n4c5ccccc5c5ccccc54)cc3)cc2)cc1.c1ccc(-c2ccc3c(c2)c2ccccc2n3-c2ccc(N(c3ccccc3)c3ccc(-c4ccc5c6c(cccc46)C54c5cccc6cccc4c56)cc3)cc2)cc1. The third kappa shape index (κ3) is 9.36. The van der Waals surface area contributed by atoms with Crippen LogP contribution in [0.5, 0.6) is 0 Å². The van der Waals surface area contributed by atoms with Crippen LogP contribution >= 0.6 is 0 Å². The van der Waals surface area contributed by atoms with Gasteiger partial charge in [-0.3, -0.25) is 0 Å². The van der Waals surface area contributed by atoms with Gasteiger partial charge >= 0.3 is 0 Å². The molecule has 0 amide bonds. The molecular formula is C114H72N4. The molecule has 0 N–H and O–H groups in total. The van der Waals surface area contributed by atoms with Crippen molar-refractivity contribution in [2.45, 2.75) is 10.8 Å². The maximum absolute atomic E-state index is 2.40. The van der Waals surface area contributed by atoms with Crippen LogP contribution in [0.1, 0.15) is 44.5 Å². The predicted octanol–water partition coefficient (Wildman–Crippen LogP) is 29.8. The molecule has 118 heavy (non-hydrogen) atoms. The number of anilines is 6. The van der Waals surface area contributed by atoms with Crippen LogP contribution in [0, 0.1) is 0 Å². The lowest BCUT2D eigenvalue weighted by molar-refractivity contribution is 0.701. The summed E-state index contributed by atoms with van der Waals surface area (Å²) >= 11 is 0. The number of aromatic nitrogens is 2. The van der Waals surface area contributed by atoms with Crippen LogP contribution in [0.4, 0.5) is 34.1 Å². The van der Waals surface area contributed by atoms with Gasteiger partial charge in [-0.2, -0.15) is 0 Å². The van der Waals surface area contributed by atoms with Crippen LogP contribution in [-0.4, -0.2) is 9.13 Å². The first kappa shape index (κ1) is 66.1. The van der Waals surface area contributed by atoms with Crippen LogP contribution in [0.25, 0.3) is 143 Å². The van der Waals surface area contributed by atoms with E-state index in [1.165, 1.54) is 176 Å². The molecule has 0 saturated carbocycles. The van der Waals surface area contributed by atoms with Crippen molar-refractivity contribution in [3.63, 3.8) is 0 Å². The van der Waals surface area contributed by atoms with E-state index < -0.39 is 0 Å². The largest absolute Gasteiger partial charge is 0.311 e. The summed E-state index contributed by atoms with van der Waals surface area (Å²) in [7, 11) is 0. The molecule has 0 aliphatic heterocycles. The zero-order chi connectivity index (χ0) is 77.3. The summed E-state index contributed by atoms with van der Waals surface area (Å²) in [6, 6.07) is 161. The first-order valence-electron chi connectivity index (χ1n) is 41.0. The molecular weight excluding hydrogens is 1430 g/mol. The summed E-state index contributed by atoms with van der Waals surface area (Å²) in [5.74, 6) is 0. The van der Waals surface area contributed by atoms with Crippen molar-refractivity contribution in [1.29, 1.82) is 0 Å². The fourth-order valence-corrected chi connectivity index (χ4v) is 21.2. The van der Waals surface area contributed by atoms with Gasteiger partial charge in [0, 0.05) is 67.0 Å². The Morgan fingerprint density at radius 1 is 0.169 bits per heavy atom. The number of rotatable bonds is 12. The van der Waals surface area contributed by atoms with Gasteiger partial charge in [-0.15, -0.1) is 0 Å². The number of fused-ring (bicyclic) bond motifs is 14. The maximum atomic E-state index is 2.40. The fraction of sp³-hybridized carbons (Fsp3) is 0.0175. The van der Waals surface area contributed by atoms with Crippen molar-refractivity contribution in [2.75, 3.05) is 9.80 Å². The molecule has 0 bridgehead atoms. The molecule has 4 heteroatoms. The van der Waals surface area contributed by atoms with Gasteiger partial charge in [0.05, 0.1) is 32.9 Å². The molecule has 0 unspecified atom stereocenters. The molecule has 20 aromatic carbocycles. The number of para-hydroxylation sites is 4. The molecule has 4 nitrogen and oxygen atoms in total. The van der Waals surface area contributed by atoms with Crippen LogP contribution in [0.2, 0.25) is 0 Å². The average Bonchev–Trinajstić information content (AvgIpc) is 0.757. The van der Waals surface area contributed by atoms with Gasteiger partial charge in [-0.1, -0.05) is 309 Å². The minimum Gasteiger partial charge on any atom is -0.311 e. The second kappa shape index (κ2) is 25.6. The summed E-state index contributed by atoms with van der Waals surface area (Å²) < 4.78 is 4.77. The van der Waals surface area contributed by atoms with Gasteiger partial charge < -0.3 is 18.9 Å². The third-order valence-corrected chi connectivity index (χ3v) is 26.3. The van der Waals surface area contributed by atoms with E-state index in [9.17, 15) is 0 Å². The monoisotopic (exact) mass is 1500 g/mol. The van der Waals surface area contributed by atoms with E-state index in [-0.39, 0.29) is 10.8 Å². The normalized spacial score (nSPS) is 13.2. The molecule has 548 valence electrons. The summed E-state index contributed by atoms with van der Waals surface area (Å²) in [5, 5.41) is 16.0. The van der Waals surface area contributed by atoms with Gasteiger partial charge in [0.1, 0.15) is 0 Å². The highest BCUT2D eigenvalue weighted by Gasteiger charge is 2.56. The molecule has 2 spiro atoms. The van der Waals surface area contributed by atoms with Gasteiger partial charge in [-0.25, -0.2) is 0 Å². The zero-order valence-corrected chi connectivity index (χ0v) is 64.4. The van der Waals surface area contributed by atoms with Crippen molar-refractivity contribution >= 4 is 121 Å². The van der Waals surface area contributed by atoms with Gasteiger partial charge in [0.2, 0.25) is 0 Å². The highest BCUT2D eigenvalue weighted by molar-refractivity contribution is 6.17. The summed E-state index contributed by atoms with van der Waals surface area (Å²) in [6.07, 6.45) is 0. The Morgan fingerprint density at radius 3 is 0.856 bits per heavy atom.